The summed E-state index contributed by atoms with van der Waals surface area (Å²) in [6.45, 7) is -0.408. The van der Waals surface area contributed by atoms with Gasteiger partial charge in [0, 0.05) is 13.5 Å². The SMILES string of the molecule is CN1C(=O)CC[C@H](C(=O)NCC(=O)O)[C@@H]1c1ccccc1. The maximum absolute atomic E-state index is 12.2. The van der Waals surface area contributed by atoms with Crippen LogP contribution in [0.25, 0.3) is 0 Å². The molecule has 0 radical (unpaired) electrons. The van der Waals surface area contributed by atoms with E-state index in [-0.39, 0.29) is 17.9 Å². The zero-order valence-electron chi connectivity index (χ0n) is 11.8. The first kappa shape index (κ1) is 15.0. The van der Waals surface area contributed by atoms with E-state index in [4.69, 9.17) is 5.11 Å². The minimum atomic E-state index is -1.08. The molecule has 112 valence electrons. The van der Waals surface area contributed by atoms with Crippen molar-refractivity contribution in [3.05, 3.63) is 35.9 Å². The number of amides is 2. The first-order valence-corrected chi connectivity index (χ1v) is 6.81. The van der Waals surface area contributed by atoms with Crippen molar-refractivity contribution in [3.8, 4) is 0 Å². The molecule has 6 nitrogen and oxygen atoms in total. The number of hydrogen-bond donors (Lipinski definition) is 2. The van der Waals surface area contributed by atoms with Gasteiger partial charge in [0.05, 0.1) is 12.0 Å². The van der Waals surface area contributed by atoms with Gasteiger partial charge < -0.3 is 15.3 Å². The van der Waals surface area contributed by atoms with Crippen LogP contribution in [0, 0.1) is 5.92 Å². The summed E-state index contributed by atoms with van der Waals surface area (Å²) in [5.74, 6) is -1.86. The molecular weight excluding hydrogens is 272 g/mol. The van der Waals surface area contributed by atoms with Crippen LogP contribution in [0.4, 0.5) is 0 Å². The minimum Gasteiger partial charge on any atom is -0.480 e. The number of likely N-dealkylation sites (tertiary alicyclic amines) is 1. The van der Waals surface area contributed by atoms with E-state index in [1.165, 1.54) is 0 Å². The van der Waals surface area contributed by atoms with Crippen molar-refractivity contribution in [3.63, 3.8) is 0 Å². The van der Waals surface area contributed by atoms with Gasteiger partial charge in [0.25, 0.3) is 0 Å². The molecule has 1 saturated heterocycles. The summed E-state index contributed by atoms with van der Waals surface area (Å²) in [7, 11) is 1.68. The molecule has 0 bridgehead atoms. The second-order valence-electron chi connectivity index (χ2n) is 5.12. The summed E-state index contributed by atoms with van der Waals surface area (Å²) >= 11 is 0. The second-order valence-corrected chi connectivity index (χ2v) is 5.12. The highest BCUT2D eigenvalue weighted by molar-refractivity contribution is 5.86. The van der Waals surface area contributed by atoms with Gasteiger partial charge >= 0.3 is 5.97 Å². The van der Waals surface area contributed by atoms with Gasteiger partial charge in [0.15, 0.2) is 0 Å². The molecule has 2 atom stereocenters. The molecule has 1 fully saturated rings. The lowest BCUT2D eigenvalue weighted by molar-refractivity contribution is -0.144. The normalized spacial score (nSPS) is 22.0. The lowest BCUT2D eigenvalue weighted by Gasteiger charge is -2.38. The maximum atomic E-state index is 12.2. The molecule has 1 aromatic carbocycles. The topological polar surface area (TPSA) is 86.7 Å². The molecule has 21 heavy (non-hydrogen) atoms. The molecule has 0 saturated carbocycles. The number of carbonyl (C=O) groups excluding carboxylic acids is 2. The standard InChI is InChI=1S/C15H18N2O4/c1-17-12(18)8-7-11(15(21)16-9-13(19)20)14(17)10-5-3-2-4-6-10/h2-6,11,14H,7-9H2,1H3,(H,16,21)(H,19,20)/t11-,14-/m0/s1. The number of aliphatic carboxylic acids is 1. The summed E-state index contributed by atoms with van der Waals surface area (Å²) < 4.78 is 0. The van der Waals surface area contributed by atoms with Crippen LogP contribution in [0.15, 0.2) is 30.3 Å². The largest absolute Gasteiger partial charge is 0.480 e. The highest BCUT2D eigenvalue weighted by Gasteiger charge is 2.38. The summed E-state index contributed by atoms with van der Waals surface area (Å²) in [6.07, 6.45) is 0.721. The van der Waals surface area contributed by atoms with Gasteiger partial charge in [-0.25, -0.2) is 0 Å². The quantitative estimate of drug-likeness (QED) is 0.858. The number of carboxylic acid groups (broad SMARTS) is 1. The van der Waals surface area contributed by atoms with Crippen LogP contribution < -0.4 is 5.32 Å². The van der Waals surface area contributed by atoms with Crippen LogP contribution in [0.3, 0.4) is 0 Å². The Labute approximate surface area is 122 Å². The fourth-order valence-electron chi connectivity index (χ4n) is 2.71. The Hall–Kier alpha value is -2.37. The van der Waals surface area contributed by atoms with Crippen LogP contribution in [0.1, 0.15) is 24.4 Å². The Bertz CT molecular complexity index is 544. The molecule has 1 aliphatic rings. The summed E-state index contributed by atoms with van der Waals surface area (Å²) in [6, 6.07) is 8.96. The number of piperidine rings is 1. The Morgan fingerprint density at radius 3 is 2.62 bits per heavy atom. The van der Waals surface area contributed by atoms with E-state index < -0.39 is 18.4 Å². The molecule has 0 unspecified atom stereocenters. The third kappa shape index (κ3) is 3.39. The van der Waals surface area contributed by atoms with Crippen molar-refractivity contribution < 1.29 is 19.5 Å². The Kier molecular flexibility index (Phi) is 4.57. The highest BCUT2D eigenvalue weighted by atomic mass is 16.4. The average molecular weight is 290 g/mol. The lowest BCUT2D eigenvalue weighted by Crippen LogP contribution is -2.47. The van der Waals surface area contributed by atoms with Crippen molar-refractivity contribution in [1.29, 1.82) is 0 Å². The van der Waals surface area contributed by atoms with E-state index in [1.807, 2.05) is 30.3 Å². The van der Waals surface area contributed by atoms with Gasteiger partial charge in [-0.3, -0.25) is 14.4 Å². The molecule has 1 aromatic rings. The predicted octanol–water partition coefficient (Wildman–Crippen LogP) is 0.797. The van der Waals surface area contributed by atoms with E-state index >= 15 is 0 Å². The van der Waals surface area contributed by atoms with Gasteiger partial charge in [-0.2, -0.15) is 0 Å². The Morgan fingerprint density at radius 2 is 2.00 bits per heavy atom. The van der Waals surface area contributed by atoms with Gasteiger partial charge in [0.2, 0.25) is 11.8 Å². The molecule has 0 aliphatic carbocycles. The second kappa shape index (κ2) is 6.39. The maximum Gasteiger partial charge on any atom is 0.322 e. The number of carbonyl (C=O) groups is 3. The van der Waals surface area contributed by atoms with E-state index in [0.717, 1.165) is 5.56 Å². The van der Waals surface area contributed by atoms with E-state index in [2.05, 4.69) is 5.32 Å². The number of nitrogens with zero attached hydrogens (tertiary/aromatic N) is 1. The van der Waals surface area contributed by atoms with Crippen LogP contribution in [-0.2, 0) is 14.4 Å². The Balaban J connectivity index is 2.23. The van der Waals surface area contributed by atoms with E-state index in [1.54, 1.807) is 11.9 Å². The summed E-state index contributed by atoms with van der Waals surface area (Å²) in [4.78, 5) is 36.3. The van der Waals surface area contributed by atoms with Crippen LogP contribution in [0.2, 0.25) is 0 Å². The lowest BCUT2D eigenvalue weighted by atomic mass is 9.84. The Morgan fingerprint density at radius 1 is 1.33 bits per heavy atom. The third-order valence-electron chi connectivity index (χ3n) is 3.75. The molecule has 0 spiro atoms. The van der Waals surface area contributed by atoms with Crippen LogP contribution in [0.5, 0.6) is 0 Å². The van der Waals surface area contributed by atoms with Gasteiger partial charge in [-0.05, 0) is 12.0 Å². The number of carboxylic acids is 1. The van der Waals surface area contributed by atoms with Crippen LogP contribution in [-0.4, -0.2) is 41.4 Å². The van der Waals surface area contributed by atoms with Crippen molar-refractivity contribution in [1.82, 2.24) is 10.2 Å². The first-order chi connectivity index (χ1) is 10.0. The molecular formula is C15H18N2O4. The van der Waals surface area contributed by atoms with Gasteiger partial charge in [-0.15, -0.1) is 0 Å². The smallest absolute Gasteiger partial charge is 0.322 e. The minimum absolute atomic E-state index is 0.00821. The van der Waals surface area contributed by atoms with Crippen molar-refractivity contribution in [2.24, 2.45) is 5.92 Å². The van der Waals surface area contributed by atoms with E-state index in [9.17, 15) is 14.4 Å². The van der Waals surface area contributed by atoms with Crippen molar-refractivity contribution in [2.75, 3.05) is 13.6 Å². The summed E-state index contributed by atoms with van der Waals surface area (Å²) in [5.41, 5.74) is 0.878. The number of rotatable bonds is 4. The van der Waals surface area contributed by atoms with Crippen molar-refractivity contribution in [2.45, 2.75) is 18.9 Å². The number of nitrogens with one attached hydrogen (secondary N) is 1. The molecule has 1 heterocycles. The van der Waals surface area contributed by atoms with Gasteiger partial charge in [-0.1, -0.05) is 30.3 Å². The number of hydrogen-bond acceptors (Lipinski definition) is 3. The average Bonchev–Trinajstić information content (AvgIpc) is 2.48. The van der Waals surface area contributed by atoms with E-state index in [0.29, 0.717) is 12.8 Å². The molecule has 0 aromatic heterocycles. The summed E-state index contributed by atoms with van der Waals surface area (Å²) in [5, 5.41) is 11.1. The highest BCUT2D eigenvalue weighted by Crippen LogP contribution is 2.35. The molecule has 2 amide bonds. The fourth-order valence-corrected chi connectivity index (χ4v) is 2.71. The molecule has 1 aliphatic heterocycles. The monoisotopic (exact) mass is 290 g/mol. The number of benzene rings is 1. The first-order valence-electron chi connectivity index (χ1n) is 6.81. The molecule has 2 rings (SSSR count). The van der Waals surface area contributed by atoms with Crippen molar-refractivity contribution >= 4 is 17.8 Å². The molecule has 6 heteroatoms. The zero-order chi connectivity index (χ0) is 15.4. The predicted molar refractivity (Wildman–Crippen MR) is 75.3 cm³/mol. The fraction of sp³-hybridized carbons (Fsp3) is 0.400. The zero-order valence-corrected chi connectivity index (χ0v) is 11.8. The van der Waals surface area contributed by atoms with Gasteiger partial charge in [0.1, 0.15) is 6.54 Å². The third-order valence-corrected chi connectivity index (χ3v) is 3.75. The van der Waals surface area contributed by atoms with Crippen LogP contribution >= 0.6 is 0 Å². The molecule has 2 N–H and O–H groups in total.